The molecule has 0 spiro atoms. The number of alkyl halides is 3. The summed E-state index contributed by atoms with van der Waals surface area (Å²) in [5, 5.41) is 4.02. The largest absolute Gasteiger partial charge is 0.433 e. The van der Waals surface area contributed by atoms with Crippen LogP contribution in [0.5, 0.6) is 0 Å². The van der Waals surface area contributed by atoms with Gasteiger partial charge in [0.2, 0.25) is 0 Å². The fourth-order valence-electron chi connectivity index (χ4n) is 4.04. The van der Waals surface area contributed by atoms with Gasteiger partial charge in [-0.2, -0.15) is 18.3 Å². The molecule has 154 valence electrons. The molecule has 2 aliphatic rings. The maximum Gasteiger partial charge on any atom is 0.433 e. The number of hydrogen-bond acceptors (Lipinski definition) is 6. The Bertz CT molecular complexity index is 992. The van der Waals surface area contributed by atoms with E-state index >= 15 is 0 Å². The van der Waals surface area contributed by atoms with Crippen LogP contribution in [-0.2, 0) is 13.2 Å². The lowest BCUT2D eigenvalue weighted by molar-refractivity contribution is -0.141. The van der Waals surface area contributed by atoms with Crippen LogP contribution in [0.1, 0.15) is 29.0 Å². The number of likely N-dealkylation sites (tertiary alicyclic amines) is 1. The number of piperidine rings is 1. The minimum Gasteiger partial charge on any atom is -0.354 e. The first-order chi connectivity index (χ1) is 13.7. The molecule has 2 aromatic rings. The Balaban J connectivity index is 1.55. The first-order valence-corrected chi connectivity index (χ1v) is 9.23. The van der Waals surface area contributed by atoms with Crippen molar-refractivity contribution >= 4 is 11.7 Å². The highest BCUT2D eigenvalue weighted by molar-refractivity contribution is 5.92. The number of anilines is 1. The molecule has 29 heavy (non-hydrogen) atoms. The zero-order chi connectivity index (χ0) is 20.8. The van der Waals surface area contributed by atoms with Crippen LogP contribution in [0.3, 0.4) is 0 Å². The third kappa shape index (κ3) is 3.68. The summed E-state index contributed by atoms with van der Waals surface area (Å²) in [6, 6.07) is 3.48. The Hall–Kier alpha value is -2.98. The smallest absolute Gasteiger partial charge is 0.354 e. The summed E-state index contributed by atoms with van der Waals surface area (Å²) in [5.41, 5.74) is -1.13. The SMILES string of the molecule is Cn1nc(C(=O)N2CCC3CCN(c4cc(C(F)(F)F)ncn4)CC32)ccc1=O. The normalized spacial score (nSPS) is 21.9. The molecule has 1 amide bonds. The Morgan fingerprint density at radius 3 is 2.66 bits per heavy atom. The van der Waals surface area contributed by atoms with Gasteiger partial charge in [0.15, 0.2) is 0 Å². The summed E-state index contributed by atoms with van der Waals surface area (Å²) < 4.78 is 40.0. The van der Waals surface area contributed by atoms with Crippen LogP contribution < -0.4 is 10.5 Å². The van der Waals surface area contributed by atoms with Crippen molar-refractivity contribution in [1.82, 2.24) is 24.6 Å². The lowest BCUT2D eigenvalue weighted by atomic mass is 9.92. The molecule has 2 atom stereocenters. The first-order valence-electron chi connectivity index (χ1n) is 9.23. The molecule has 2 saturated heterocycles. The van der Waals surface area contributed by atoms with E-state index in [-0.39, 0.29) is 34.9 Å². The van der Waals surface area contributed by atoms with Crippen molar-refractivity contribution in [2.75, 3.05) is 24.5 Å². The van der Waals surface area contributed by atoms with E-state index in [4.69, 9.17) is 0 Å². The van der Waals surface area contributed by atoms with E-state index < -0.39 is 11.9 Å². The number of rotatable bonds is 2. The second-order valence-electron chi connectivity index (χ2n) is 7.29. The number of aryl methyl sites for hydroxylation is 1. The van der Waals surface area contributed by atoms with Crippen molar-refractivity contribution in [2.45, 2.75) is 25.1 Å². The van der Waals surface area contributed by atoms with Crippen LogP contribution in [0, 0.1) is 5.92 Å². The van der Waals surface area contributed by atoms with Crippen LogP contribution >= 0.6 is 0 Å². The van der Waals surface area contributed by atoms with Crippen molar-refractivity contribution in [3.63, 3.8) is 0 Å². The molecule has 2 aliphatic heterocycles. The molecule has 2 unspecified atom stereocenters. The summed E-state index contributed by atoms with van der Waals surface area (Å²) >= 11 is 0. The Kier molecular flexibility index (Phi) is 4.75. The predicted molar refractivity (Wildman–Crippen MR) is 96.3 cm³/mol. The average Bonchev–Trinajstić information content (AvgIpc) is 3.12. The monoisotopic (exact) mass is 408 g/mol. The molecule has 2 fully saturated rings. The quantitative estimate of drug-likeness (QED) is 0.746. The summed E-state index contributed by atoms with van der Waals surface area (Å²) in [6.07, 6.45) is -2.05. The maximum absolute atomic E-state index is 13.0. The van der Waals surface area contributed by atoms with Crippen molar-refractivity contribution in [3.05, 3.63) is 46.3 Å². The zero-order valence-corrected chi connectivity index (χ0v) is 15.6. The number of halogens is 3. The lowest BCUT2D eigenvalue weighted by Crippen LogP contribution is -2.50. The number of nitrogens with zero attached hydrogens (tertiary/aromatic N) is 6. The number of carbonyl (C=O) groups is 1. The van der Waals surface area contributed by atoms with Gasteiger partial charge in [0.05, 0.1) is 6.04 Å². The van der Waals surface area contributed by atoms with E-state index in [1.165, 1.54) is 19.2 Å². The topological polar surface area (TPSA) is 84.2 Å². The molecular formula is C18H19F3N6O2. The third-order valence-electron chi connectivity index (χ3n) is 5.57. The second kappa shape index (κ2) is 7.12. The Morgan fingerprint density at radius 2 is 1.93 bits per heavy atom. The van der Waals surface area contributed by atoms with Crippen LogP contribution in [0.4, 0.5) is 19.0 Å². The van der Waals surface area contributed by atoms with Gasteiger partial charge in [-0.3, -0.25) is 9.59 Å². The van der Waals surface area contributed by atoms with Gasteiger partial charge in [-0.25, -0.2) is 14.6 Å². The van der Waals surface area contributed by atoms with Crippen molar-refractivity contribution < 1.29 is 18.0 Å². The highest BCUT2D eigenvalue weighted by atomic mass is 19.4. The Morgan fingerprint density at radius 1 is 1.17 bits per heavy atom. The molecule has 0 aliphatic carbocycles. The molecule has 4 heterocycles. The van der Waals surface area contributed by atoms with Gasteiger partial charge < -0.3 is 9.80 Å². The van der Waals surface area contributed by atoms with Gasteiger partial charge in [-0.05, 0) is 24.8 Å². The number of amides is 1. The van der Waals surface area contributed by atoms with Crippen LogP contribution in [0.25, 0.3) is 0 Å². The molecule has 0 bridgehead atoms. The van der Waals surface area contributed by atoms with Crippen molar-refractivity contribution in [3.8, 4) is 0 Å². The van der Waals surface area contributed by atoms with Crippen molar-refractivity contribution in [1.29, 1.82) is 0 Å². The van der Waals surface area contributed by atoms with E-state index in [0.717, 1.165) is 29.9 Å². The van der Waals surface area contributed by atoms with E-state index in [1.54, 1.807) is 9.80 Å². The third-order valence-corrected chi connectivity index (χ3v) is 5.57. The van der Waals surface area contributed by atoms with Crippen molar-refractivity contribution in [2.24, 2.45) is 13.0 Å². The summed E-state index contributed by atoms with van der Waals surface area (Å²) in [5.74, 6) is 0.186. The van der Waals surface area contributed by atoms with Gasteiger partial charge in [0.25, 0.3) is 11.5 Å². The standard InChI is InChI=1S/C18H19F3N6O2/c1-25-16(28)3-2-12(24-25)17(29)27-7-5-11-4-6-26(9-13(11)27)15-8-14(18(19,20)21)22-10-23-15/h2-3,8,10-11,13H,4-7,9H2,1H3. The minimum atomic E-state index is -4.54. The van der Waals surface area contributed by atoms with Gasteiger partial charge in [0, 0.05) is 38.8 Å². The molecule has 2 aromatic heterocycles. The highest BCUT2D eigenvalue weighted by Crippen LogP contribution is 2.35. The summed E-state index contributed by atoms with van der Waals surface area (Å²) in [7, 11) is 1.47. The molecule has 4 rings (SSSR count). The van der Waals surface area contributed by atoms with E-state index in [2.05, 4.69) is 15.1 Å². The minimum absolute atomic E-state index is 0.153. The number of fused-ring (bicyclic) bond motifs is 1. The maximum atomic E-state index is 13.0. The molecule has 0 N–H and O–H groups in total. The summed E-state index contributed by atoms with van der Waals surface area (Å²) in [6.45, 7) is 1.50. The number of aromatic nitrogens is 4. The van der Waals surface area contributed by atoms with Gasteiger partial charge >= 0.3 is 6.18 Å². The predicted octanol–water partition coefficient (Wildman–Crippen LogP) is 1.33. The van der Waals surface area contributed by atoms with Crippen LogP contribution in [-0.4, -0.2) is 56.2 Å². The zero-order valence-electron chi connectivity index (χ0n) is 15.6. The molecular weight excluding hydrogens is 389 g/mol. The molecule has 0 radical (unpaired) electrons. The molecule has 8 nitrogen and oxygen atoms in total. The molecule has 0 aromatic carbocycles. The molecule has 0 saturated carbocycles. The fourth-order valence-corrected chi connectivity index (χ4v) is 4.04. The van der Waals surface area contributed by atoms with E-state index in [9.17, 15) is 22.8 Å². The van der Waals surface area contributed by atoms with E-state index in [0.29, 0.717) is 19.6 Å². The summed E-state index contributed by atoms with van der Waals surface area (Å²) in [4.78, 5) is 35.2. The average molecular weight is 408 g/mol. The highest BCUT2D eigenvalue weighted by Gasteiger charge is 2.42. The van der Waals surface area contributed by atoms with Crippen LogP contribution in [0.2, 0.25) is 0 Å². The Labute approximate surface area is 164 Å². The van der Waals surface area contributed by atoms with Gasteiger partial charge in [-0.1, -0.05) is 0 Å². The lowest BCUT2D eigenvalue weighted by Gasteiger charge is -2.39. The fraction of sp³-hybridized carbons (Fsp3) is 0.500. The van der Waals surface area contributed by atoms with Gasteiger partial charge in [-0.15, -0.1) is 0 Å². The van der Waals surface area contributed by atoms with E-state index in [1.807, 2.05) is 0 Å². The molecule has 11 heteroatoms. The van der Waals surface area contributed by atoms with Crippen LogP contribution in [0.15, 0.2) is 29.3 Å². The first kappa shape index (κ1) is 19.3. The number of carbonyl (C=O) groups excluding carboxylic acids is 1. The van der Waals surface area contributed by atoms with Gasteiger partial charge in [0.1, 0.15) is 23.5 Å². The number of hydrogen-bond donors (Lipinski definition) is 0. The second-order valence-corrected chi connectivity index (χ2v) is 7.29.